The van der Waals surface area contributed by atoms with Crippen LogP contribution in [0, 0.1) is 12.8 Å². The van der Waals surface area contributed by atoms with E-state index in [1.54, 1.807) is 18.2 Å². The molecule has 0 radical (unpaired) electrons. The number of halogens is 1. The van der Waals surface area contributed by atoms with Crippen LogP contribution in [0.15, 0.2) is 39.6 Å². The van der Waals surface area contributed by atoms with Crippen molar-refractivity contribution in [1.82, 2.24) is 15.0 Å². The van der Waals surface area contributed by atoms with Gasteiger partial charge in [-0.3, -0.25) is 9.69 Å². The van der Waals surface area contributed by atoms with Crippen molar-refractivity contribution in [2.45, 2.75) is 26.0 Å². The summed E-state index contributed by atoms with van der Waals surface area (Å²) >= 11 is 5.97. The lowest BCUT2D eigenvalue weighted by Gasteiger charge is -2.15. The van der Waals surface area contributed by atoms with Crippen LogP contribution in [0.4, 0.5) is 0 Å². The maximum Gasteiger partial charge on any atom is 0.189 e. The number of aliphatic hydroxyl groups is 1. The first-order valence-electron chi connectivity index (χ1n) is 8.62. The van der Waals surface area contributed by atoms with Crippen LogP contribution < -0.4 is 5.43 Å². The zero-order valence-electron chi connectivity index (χ0n) is 14.4. The molecule has 3 heterocycles. The van der Waals surface area contributed by atoms with Gasteiger partial charge in [-0.1, -0.05) is 16.8 Å². The summed E-state index contributed by atoms with van der Waals surface area (Å²) in [6.07, 6.45) is 0.233. The van der Waals surface area contributed by atoms with E-state index >= 15 is 0 Å². The predicted octanol–water partition coefficient (Wildman–Crippen LogP) is 2.51. The molecule has 3 aromatic rings. The monoisotopic (exact) mass is 373 g/mol. The van der Waals surface area contributed by atoms with Crippen LogP contribution in [0.3, 0.4) is 0 Å². The lowest BCUT2D eigenvalue weighted by atomic mass is 10.0. The molecule has 1 aromatic carbocycles. The van der Waals surface area contributed by atoms with E-state index in [-0.39, 0.29) is 11.3 Å². The van der Waals surface area contributed by atoms with Gasteiger partial charge in [0.1, 0.15) is 5.76 Å². The standard InChI is InChI=1S/C19H20ClN3O3/c1-11-4-15(26-22-11)5-12-8-23(10-19(12)25)9-14-7-18(24)16-6-13(20)2-3-17(16)21-14/h2-4,6-7,12,19,25H,5,8-10H2,1H3,(H,21,24)/t12-,19-/m1/s1. The van der Waals surface area contributed by atoms with Gasteiger partial charge in [0.2, 0.25) is 0 Å². The maximum atomic E-state index is 12.3. The summed E-state index contributed by atoms with van der Waals surface area (Å²) < 4.78 is 5.26. The average molecular weight is 374 g/mol. The molecule has 6 nitrogen and oxygen atoms in total. The number of nitrogens with one attached hydrogen (secondary N) is 1. The van der Waals surface area contributed by atoms with E-state index in [2.05, 4.69) is 15.0 Å². The Balaban J connectivity index is 1.48. The number of hydrogen-bond acceptors (Lipinski definition) is 5. The lowest BCUT2D eigenvalue weighted by Crippen LogP contribution is -2.23. The second-order valence-electron chi connectivity index (χ2n) is 7.01. The van der Waals surface area contributed by atoms with Crippen molar-refractivity contribution in [2.75, 3.05) is 13.1 Å². The van der Waals surface area contributed by atoms with Crippen LogP contribution in [0.5, 0.6) is 0 Å². The number of benzene rings is 1. The number of pyridine rings is 1. The number of aromatic nitrogens is 2. The molecule has 2 atom stereocenters. The summed E-state index contributed by atoms with van der Waals surface area (Å²) in [5.41, 5.74) is 2.39. The predicted molar refractivity (Wildman–Crippen MR) is 99.3 cm³/mol. The van der Waals surface area contributed by atoms with Crippen LogP contribution in [-0.2, 0) is 13.0 Å². The van der Waals surface area contributed by atoms with Gasteiger partial charge in [0, 0.05) is 65.7 Å². The van der Waals surface area contributed by atoms with Crippen molar-refractivity contribution in [3.05, 3.63) is 62.7 Å². The Morgan fingerprint density at radius 2 is 2.19 bits per heavy atom. The molecule has 0 unspecified atom stereocenters. The van der Waals surface area contributed by atoms with Crippen LogP contribution >= 0.6 is 11.6 Å². The highest BCUT2D eigenvalue weighted by Gasteiger charge is 2.32. The summed E-state index contributed by atoms with van der Waals surface area (Å²) in [6, 6.07) is 8.77. The summed E-state index contributed by atoms with van der Waals surface area (Å²) in [7, 11) is 0. The van der Waals surface area contributed by atoms with Crippen molar-refractivity contribution in [2.24, 2.45) is 5.92 Å². The molecular formula is C19H20ClN3O3. The third-order valence-corrected chi connectivity index (χ3v) is 5.10. The second kappa shape index (κ2) is 6.87. The number of aliphatic hydroxyl groups excluding tert-OH is 1. The zero-order valence-corrected chi connectivity index (χ0v) is 15.2. The van der Waals surface area contributed by atoms with Crippen LogP contribution in [0.2, 0.25) is 5.02 Å². The van der Waals surface area contributed by atoms with E-state index in [1.807, 2.05) is 19.1 Å². The molecule has 4 rings (SSSR count). The highest BCUT2D eigenvalue weighted by atomic mass is 35.5. The van der Waals surface area contributed by atoms with Crippen molar-refractivity contribution >= 4 is 22.5 Å². The number of nitrogens with zero attached hydrogens (tertiary/aromatic N) is 2. The number of rotatable bonds is 4. The minimum absolute atomic E-state index is 0.0512. The number of β-amino-alcohol motifs (C(OH)–C–C–N with tert-alkyl or cyclic N) is 1. The van der Waals surface area contributed by atoms with Gasteiger partial charge < -0.3 is 14.6 Å². The first-order valence-corrected chi connectivity index (χ1v) is 9.00. The van der Waals surface area contributed by atoms with Gasteiger partial charge in [-0.15, -0.1) is 0 Å². The molecule has 2 N–H and O–H groups in total. The Morgan fingerprint density at radius 1 is 1.35 bits per heavy atom. The molecule has 1 aliphatic heterocycles. The largest absolute Gasteiger partial charge is 0.391 e. The third-order valence-electron chi connectivity index (χ3n) is 4.86. The Morgan fingerprint density at radius 3 is 2.96 bits per heavy atom. The molecule has 2 aromatic heterocycles. The first kappa shape index (κ1) is 17.3. The molecule has 7 heteroatoms. The number of aromatic amines is 1. The quantitative estimate of drug-likeness (QED) is 0.734. The Kier molecular flexibility index (Phi) is 4.56. The van der Waals surface area contributed by atoms with E-state index in [0.29, 0.717) is 29.9 Å². The van der Waals surface area contributed by atoms with E-state index in [4.69, 9.17) is 16.1 Å². The van der Waals surface area contributed by atoms with Gasteiger partial charge in [-0.05, 0) is 25.1 Å². The highest BCUT2D eigenvalue weighted by molar-refractivity contribution is 6.31. The van der Waals surface area contributed by atoms with Gasteiger partial charge >= 0.3 is 0 Å². The number of hydrogen-bond donors (Lipinski definition) is 2. The minimum Gasteiger partial charge on any atom is -0.391 e. The van der Waals surface area contributed by atoms with E-state index in [0.717, 1.165) is 29.2 Å². The second-order valence-corrected chi connectivity index (χ2v) is 7.45. The Hall–Kier alpha value is -2.15. The van der Waals surface area contributed by atoms with Crippen molar-refractivity contribution in [1.29, 1.82) is 0 Å². The molecule has 0 bridgehead atoms. The molecule has 26 heavy (non-hydrogen) atoms. The number of H-pyrrole nitrogens is 1. The topological polar surface area (TPSA) is 82.4 Å². The summed E-state index contributed by atoms with van der Waals surface area (Å²) in [5.74, 6) is 0.887. The normalized spacial score (nSPS) is 20.9. The fourth-order valence-electron chi connectivity index (χ4n) is 3.64. The van der Waals surface area contributed by atoms with Gasteiger partial charge in [-0.2, -0.15) is 0 Å². The molecule has 1 fully saturated rings. The minimum atomic E-state index is -0.425. The molecule has 136 valence electrons. The highest BCUT2D eigenvalue weighted by Crippen LogP contribution is 2.23. The fraction of sp³-hybridized carbons (Fsp3) is 0.368. The molecule has 1 saturated heterocycles. The summed E-state index contributed by atoms with van der Waals surface area (Å²) in [5, 5.41) is 15.4. The van der Waals surface area contributed by atoms with Crippen LogP contribution in [0.25, 0.3) is 10.9 Å². The molecule has 0 aliphatic carbocycles. The van der Waals surface area contributed by atoms with E-state index in [1.165, 1.54) is 0 Å². The molecule has 0 spiro atoms. The van der Waals surface area contributed by atoms with Gasteiger partial charge in [0.05, 0.1) is 11.8 Å². The van der Waals surface area contributed by atoms with Gasteiger partial charge in [-0.25, -0.2) is 0 Å². The lowest BCUT2D eigenvalue weighted by molar-refractivity contribution is 0.137. The number of aryl methyl sites for hydroxylation is 1. The Bertz CT molecular complexity index is 997. The van der Waals surface area contributed by atoms with Crippen LogP contribution in [-0.4, -0.2) is 39.3 Å². The third kappa shape index (κ3) is 3.53. The summed E-state index contributed by atoms with van der Waals surface area (Å²) in [6.45, 7) is 3.77. The molecular weight excluding hydrogens is 354 g/mol. The van der Waals surface area contributed by atoms with Gasteiger partial charge in [0.15, 0.2) is 5.43 Å². The average Bonchev–Trinajstić information content (AvgIpc) is 3.14. The maximum absolute atomic E-state index is 12.3. The summed E-state index contributed by atoms with van der Waals surface area (Å²) in [4.78, 5) is 17.8. The van der Waals surface area contributed by atoms with Crippen molar-refractivity contribution in [3.8, 4) is 0 Å². The molecule has 0 saturated carbocycles. The fourth-order valence-corrected chi connectivity index (χ4v) is 3.81. The first-order chi connectivity index (χ1) is 12.5. The SMILES string of the molecule is Cc1cc(C[C@@H]2CN(Cc3cc(=O)c4cc(Cl)ccc4[nH]3)C[C@H]2O)on1. The van der Waals surface area contributed by atoms with E-state index < -0.39 is 6.10 Å². The van der Waals surface area contributed by atoms with Crippen molar-refractivity contribution in [3.63, 3.8) is 0 Å². The van der Waals surface area contributed by atoms with Crippen molar-refractivity contribution < 1.29 is 9.63 Å². The Labute approximate surface area is 155 Å². The smallest absolute Gasteiger partial charge is 0.189 e. The van der Waals surface area contributed by atoms with Crippen LogP contribution in [0.1, 0.15) is 17.1 Å². The molecule has 1 aliphatic rings. The number of fused-ring (bicyclic) bond motifs is 1. The van der Waals surface area contributed by atoms with E-state index in [9.17, 15) is 9.90 Å². The number of likely N-dealkylation sites (tertiary alicyclic amines) is 1. The molecule has 0 amide bonds. The zero-order chi connectivity index (χ0) is 18.3. The van der Waals surface area contributed by atoms with Gasteiger partial charge in [0.25, 0.3) is 0 Å².